The van der Waals surface area contributed by atoms with Crippen molar-refractivity contribution in [3.05, 3.63) is 12.7 Å². The van der Waals surface area contributed by atoms with E-state index in [1.807, 2.05) is 0 Å². The molecular weight excluding hydrogens is 237 g/mol. The van der Waals surface area contributed by atoms with Gasteiger partial charge in [0.25, 0.3) is 0 Å². The summed E-state index contributed by atoms with van der Waals surface area (Å²) in [7, 11) is 0. The van der Waals surface area contributed by atoms with Crippen LogP contribution < -0.4 is 116 Å². The van der Waals surface area contributed by atoms with Crippen LogP contribution in [0.4, 0.5) is 0 Å². The molecule has 1 aromatic heterocycles. The Hall–Kier alpha value is 2.75. The first-order valence-corrected chi connectivity index (χ1v) is 1.14. The van der Waals surface area contributed by atoms with Gasteiger partial charge in [-0.25, -0.2) is 0 Å². The van der Waals surface area contributed by atoms with E-state index in [1.165, 1.54) is 0 Å². The number of hydrogen-bond acceptors (Lipinski definition) is 2. The van der Waals surface area contributed by atoms with Crippen LogP contribution in [0.2, 0.25) is 0 Å². The zero-order chi connectivity index (χ0) is 3.54. The number of nitrogens with one attached hydrogen (secondary N) is 1. The van der Waals surface area contributed by atoms with Crippen LogP contribution in [0.1, 0.15) is 0 Å². The molecule has 0 unspecified atom stereocenters. The Morgan fingerprint density at radius 3 is 2.14 bits per heavy atom. The predicted molar refractivity (Wildman–Crippen MR) is 14.1 cm³/mol. The molecule has 1 aromatic rings. The Labute approximate surface area is 140 Å². The maximum atomic E-state index is 3.31. The van der Waals surface area contributed by atoms with Crippen molar-refractivity contribution >= 4 is 0 Å². The van der Waals surface area contributed by atoms with Gasteiger partial charge in [-0.3, -0.25) is 6.33 Å². The average molecular weight is 238 g/mol. The molecule has 5 heteroatoms. The molecule has 0 amide bonds. The van der Waals surface area contributed by atoms with Gasteiger partial charge in [0.05, 0.1) is 0 Å². The summed E-state index contributed by atoms with van der Waals surface area (Å²) in [5.41, 5.74) is 0. The van der Waals surface area contributed by atoms with Crippen molar-refractivity contribution < 1.29 is 116 Å². The molecule has 0 bridgehead atoms. The second-order valence-corrected chi connectivity index (χ2v) is 0.547. The van der Waals surface area contributed by atoms with E-state index in [0.29, 0.717) is 0 Å². The standard InChI is InChI=1S/C2HN3.2Rb/c1-3-2-5-4-1;;/h(H,3,4,5);;/q-2;2*+1. The molecule has 0 fully saturated rings. The molecule has 1 heterocycles. The Morgan fingerprint density at radius 2 is 2.00 bits per heavy atom. The van der Waals surface area contributed by atoms with Crippen LogP contribution in [-0.4, -0.2) is 15.2 Å². The first-order valence-electron chi connectivity index (χ1n) is 1.14. The summed E-state index contributed by atoms with van der Waals surface area (Å²) in [5.74, 6) is 0. The van der Waals surface area contributed by atoms with Gasteiger partial charge >= 0.3 is 116 Å². The van der Waals surface area contributed by atoms with Crippen molar-refractivity contribution in [1.82, 2.24) is 15.2 Å². The Kier molecular flexibility index (Phi) is 15.5. The third kappa shape index (κ3) is 6.64. The van der Waals surface area contributed by atoms with E-state index in [4.69, 9.17) is 0 Å². The summed E-state index contributed by atoms with van der Waals surface area (Å²) in [6.45, 7) is 0. The topological polar surface area (TPSA) is 41.6 Å². The maximum Gasteiger partial charge on any atom is 1.00 e. The van der Waals surface area contributed by atoms with Gasteiger partial charge in [0.15, 0.2) is 0 Å². The van der Waals surface area contributed by atoms with Crippen LogP contribution >= 0.6 is 0 Å². The molecule has 0 spiro atoms. The largest absolute Gasteiger partial charge is 1.00 e. The van der Waals surface area contributed by atoms with Gasteiger partial charge in [0.1, 0.15) is 0 Å². The molecule has 0 aliphatic carbocycles. The molecular formula is C2HN3Rb2. The molecule has 1 N–H and O–H groups in total. The van der Waals surface area contributed by atoms with Crippen molar-refractivity contribution in [1.29, 1.82) is 0 Å². The van der Waals surface area contributed by atoms with E-state index < -0.39 is 0 Å². The Balaban J connectivity index is 0. The Bertz CT molecular complexity index is 67.4. The summed E-state index contributed by atoms with van der Waals surface area (Å²) in [4.78, 5) is 3.31. The fraction of sp³-hybridized carbons (Fsp3) is 0. The van der Waals surface area contributed by atoms with Crippen LogP contribution in [0.3, 0.4) is 0 Å². The monoisotopic (exact) mass is 237 g/mol. The van der Waals surface area contributed by atoms with Gasteiger partial charge in [0.2, 0.25) is 0 Å². The molecule has 1 rings (SSSR count). The van der Waals surface area contributed by atoms with E-state index >= 15 is 0 Å². The normalized spacial score (nSPS) is 5.71. The van der Waals surface area contributed by atoms with E-state index in [2.05, 4.69) is 27.8 Å². The summed E-state index contributed by atoms with van der Waals surface area (Å²) in [6.07, 6.45) is 4.57. The van der Waals surface area contributed by atoms with Gasteiger partial charge in [-0.1, -0.05) is 0 Å². The summed E-state index contributed by atoms with van der Waals surface area (Å²) >= 11 is 0. The number of aromatic nitrogens is 3. The van der Waals surface area contributed by atoms with E-state index in [1.54, 1.807) is 0 Å². The van der Waals surface area contributed by atoms with Gasteiger partial charge in [-0.05, 0) is 0 Å². The molecule has 0 aliphatic heterocycles. The van der Waals surface area contributed by atoms with Crippen LogP contribution in [0.25, 0.3) is 0 Å². The fourth-order valence-corrected chi connectivity index (χ4v) is 0.125. The Morgan fingerprint density at radius 1 is 1.29 bits per heavy atom. The van der Waals surface area contributed by atoms with Crippen molar-refractivity contribution in [2.45, 2.75) is 0 Å². The minimum atomic E-state index is 0. The van der Waals surface area contributed by atoms with E-state index in [0.717, 1.165) is 0 Å². The number of hydrogen-bond donors (Lipinski definition) is 1. The van der Waals surface area contributed by atoms with E-state index in [-0.39, 0.29) is 116 Å². The molecule has 0 atom stereocenters. The van der Waals surface area contributed by atoms with Crippen LogP contribution in [-0.2, 0) is 0 Å². The molecule has 0 aliphatic rings. The van der Waals surface area contributed by atoms with Crippen LogP contribution in [0, 0.1) is 12.7 Å². The molecule has 3 nitrogen and oxygen atoms in total. The maximum absolute atomic E-state index is 3.31. The minimum absolute atomic E-state index is 0. The minimum Gasteiger partial charge on any atom is -0.639 e. The van der Waals surface area contributed by atoms with Gasteiger partial charge in [-0.2, -0.15) is 0 Å². The summed E-state index contributed by atoms with van der Waals surface area (Å²) in [5, 5.41) is 5.62. The fourth-order valence-electron chi connectivity index (χ4n) is 0.125. The number of nitrogens with zero attached hydrogens (tertiary/aromatic N) is 2. The molecule has 0 radical (unpaired) electrons. The summed E-state index contributed by atoms with van der Waals surface area (Å²) in [6, 6.07) is 0. The zero-order valence-electron chi connectivity index (χ0n) is 4.39. The van der Waals surface area contributed by atoms with Gasteiger partial charge < -0.3 is 21.5 Å². The van der Waals surface area contributed by atoms with Crippen molar-refractivity contribution in [3.8, 4) is 0 Å². The molecule has 0 saturated heterocycles. The molecule has 26 valence electrons. The zero-order valence-corrected chi connectivity index (χ0v) is 14.2. The number of rotatable bonds is 0. The number of aromatic amines is 1. The number of H-pyrrole nitrogens is 1. The predicted octanol–water partition coefficient (Wildman–Crippen LogP) is -6.59. The third-order valence-corrected chi connectivity index (χ3v) is 0.262. The first-order chi connectivity index (χ1) is 2.50. The van der Waals surface area contributed by atoms with E-state index in [9.17, 15) is 0 Å². The van der Waals surface area contributed by atoms with Crippen LogP contribution in [0.5, 0.6) is 0 Å². The smallest absolute Gasteiger partial charge is 0.639 e. The van der Waals surface area contributed by atoms with Crippen molar-refractivity contribution in [3.63, 3.8) is 0 Å². The van der Waals surface area contributed by atoms with Crippen molar-refractivity contribution in [2.75, 3.05) is 0 Å². The second-order valence-electron chi connectivity index (χ2n) is 0.547. The summed E-state index contributed by atoms with van der Waals surface area (Å²) < 4.78 is 0. The first kappa shape index (κ1) is 12.4. The van der Waals surface area contributed by atoms with Gasteiger partial charge in [0, 0.05) is 0 Å². The molecule has 0 saturated carbocycles. The molecule has 0 aromatic carbocycles. The van der Waals surface area contributed by atoms with Crippen LogP contribution in [0.15, 0.2) is 0 Å². The van der Waals surface area contributed by atoms with Gasteiger partial charge in [-0.15, -0.1) is 0 Å². The third-order valence-electron chi connectivity index (χ3n) is 0.262. The molecule has 7 heavy (non-hydrogen) atoms. The quantitative estimate of drug-likeness (QED) is 0.456. The second kappa shape index (κ2) is 8.75. The van der Waals surface area contributed by atoms with Crippen molar-refractivity contribution in [2.24, 2.45) is 0 Å². The average Bonchev–Trinajstić information content (AvgIpc) is 1.76. The SMILES string of the molecule is [Rb+].[Rb+].[c-]1n[c-][nH]n1.